The summed E-state index contributed by atoms with van der Waals surface area (Å²) < 4.78 is 21.2. The van der Waals surface area contributed by atoms with Crippen molar-refractivity contribution in [1.82, 2.24) is 0 Å². The molecule has 0 aliphatic heterocycles. The van der Waals surface area contributed by atoms with Gasteiger partial charge in [0.15, 0.2) is 22.4 Å². The molecule has 11 nitrogen and oxygen atoms in total. The molecule has 4 aromatic rings. The molecule has 0 spiro atoms. The van der Waals surface area contributed by atoms with E-state index in [0.717, 1.165) is 12.1 Å². The van der Waals surface area contributed by atoms with Crippen molar-refractivity contribution in [2.24, 2.45) is 0 Å². The van der Waals surface area contributed by atoms with Crippen LogP contribution in [0.3, 0.4) is 0 Å². The molecule has 0 bridgehead atoms. The Bertz CT molecular complexity index is 1430. The van der Waals surface area contributed by atoms with Crippen molar-refractivity contribution in [2.75, 3.05) is 13.2 Å². The third-order valence-electron chi connectivity index (χ3n) is 4.70. The molecule has 1 N–H and O–H groups in total. The Morgan fingerprint density at radius 3 is 1.51 bits per heavy atom. The van der Waals surface area contributed by atoms with Gasteiger partial charge in [-0.15, -0.1) is 12.4 Å². The van der Waals surface area contributed by atoms with Crippen molar-refractivity contribution in [3.8, 4) is 11.5 Å². The minimum Gasteiger partial charge on any atom is -0.542 e. The summed E-state index contributed by atoms with van der Waals surface area (Å²) in [5.74, 6) is -4.44. The third-order valence-corrected chi connectivity index (χ3v) is 4.70. The van der Waals surface area contributed by atoms with Crippen molar-refractivity contribution in [3.63, 3.8) is 0 Å². The van der Waals surface area contributed by atoms with E-state index in [0.29, 0.717) is 0 Å². The molecule has 182 valence electrons. The molecule has 0 atom stereocenters. The number of halogens is 1. The van der Waals surface area contributed by atoms with Gasteiger partial charge in [0, 0.05) is 12.1 Å². The number of ether oxygens (including phenoxy) is 2. The number of hydrogen-bond acceptors (Lipinski definition) is 11. The van der Waals surface area contributed by atoms with E-state index in [-0.39, 0.29) is 118 Å². The smallest absolute Gasteiger partial charge is 0.542 e. The van der Waals surface area contributed by atoms with E-state index >= 15 is 0 Å². The van der Waals surface area contributed by atoms with Gasteiger partial charge in [-0.3, -0.25) is 9.59 Å². The van der Waals surface area contributed by atoms with Crippen molar-refractivity contribution in [1.29, 1.82) is 0 Å². The van der Waals surface area contributed by atoms with Crippen LogP contribution in [-0.2, 0) is 0 Å². The standard InChI is InChI=1S/C23H16O11.ClH.2Na/c24-11(9-31-14-3-1-5-16-20(14)12(25)7-18(33-16)22(27)28)10-32-15-4-2-6-17-21(15)13(26)8-19(34-17)23(29)30;;;/h1-8,11,24H,9-10H2,(H,27,28)(H,29,30);1H;;/q;;2*+1/p-2. The molecule has 0 amide bonds. The minimum atomic E-state index is -1.64. The first-order valence-corrected chi connectivity index (χ1v) is 9.74. The number of carboxylic acid groups (broad SMARTS) is 2. The fourth-order valence-corrected chi connectivity index (χ4v) is 3.22. The third kappa shape index (κ3) is 7.37. The largest absolute Gasteiger partial charge is 1.00 e. The number of carboxylic acids is 2. The number of carbonyl (C=O) groups excluding carboxylic acids is 2. The van der Waals surface area contributed by atoms with Crippen molar-refractivity contribution in [2.45, 2.75) is 6.10 Å². The molecule has 0 unspecified atom stereocenters. The van der Waals surface area contributed by atoms with Crippen LogP contribution in [0, 0.1) is 0 Å². The van der Waals surface area contributed by atoms with Gasteiger partial charge in [-0.1, -0.05) is 12.1 Å². The van der Waals surface area contributed by atoms with Crippen LogP contribution in [0.5, 0.6) is 11.5 Å². The van der Waals surface area contributed by atoms with Crippen LogP contribution in [0.25, 0.3) is 21.9 Å². The first-order chi connectivity index (χ1) is 16.2. The summed E-state index contributed by atoms with van der Waals surface area (Å²) in [5, 5.41) is 32.1. The van der Waals surface area contributed by atoms with Gasteiger partial charge in [0.2, 0.25) is 0 Å². The fourth-order valence-electron chi connectivity index (χ4n) is 3.22. The Kier molecular flexibility index (Phi) is 12.3. The summed E-state index contributed by atoms with van der Waals surface area (Å²) in [6.07, 6.45) is -1.21. The van der Waals surface area contributed by atoms with Crippen LogP contribution in [0.1, 0.15) is 21.1 Å². The minimum absolute atomic E-state index is 0. The molecule has 37 heavy (non-hydrogen) atoms. The van der Waals surface area contributed by atoms with Gasteiger partial charge in [-0.25, -0.2) is 0 Å². The zero-order valence-corrected chi connectivity index (χ0v) is 24.4. The number of rotatable bonds is 8. The summed E-state index contributed by atoms with van der Waals surface area (Å²) in [7, 11) is 0. The van der Waals surface area contributed by atoms with Crippen LogP contribution in [0.15, 0.2) is 67.0 Å². The molecule has 2 aromatic carbocycles. The maximum absolute atomic E-state index is 12.3. The van der Waals surface area contributed by atoms with Gasteiger partial charge in [0.1, 0.15) is 64.7 Å². The normalized spacial score (nSPS) is 10.2. The molecule has 0 radical (unpaired) electrons. The maximum atomic E-state index is 12.3. The summed E-state index contributed by atoms with van der Waals surface area (Å²) in [4.78, 5) is 46.5. The van der Waals surface area contributed by atoms with Crippen LogP contribution >= 0.6 is 12.4 Å². The van der Waals surface area contributed by atoms with Crippen LogP contribution in [-0.4, -0.2) is 36.4 Å². The fraction of sp³-hybridized carbons (Fsp3) is 0.130. The maximum Gasteiger partial charge on any atom is 1.00 e. The number of fused-ring (bicyclic) bond motifs is 2. The van der Waals surface area contributed by atoms with Crippen LogP contribution in [0.2, 0.25) is 0 Å². The van der Waals surface area contributed by atoms with Gasteiger partial charge in [0.05, 0.1) is 0 Å². The number of aliphatic hydroxyl groups excluding tert-OH is 1. The molecular formula is C23H15ClNa2O11. The average molecular weight is 549 g/mol. The van der Waals surface area contributed by atoms with E-state index in [1.54, 1.807) is 0 Å². The first kappa shape index (κ1) is 32.7. The van der Waals surface area contributed by atoms with Crippen molar-refractivity contribution >= 4 is 46.3 Å². The van der Waals surface area contributed by atoms with Gasteiger partial charge in [0.25, 0.3) is 0 Å². The topological polar surface area (TPSA) is 179 Å². The Balaban J connectivity index is 0.00000228. The Morgan fingerprint density at radius 1 is 0.784 bits per heavy atom. The van der Waals surface area contributed by atoms with E-state index in [4.69, 9.17) is 18.3 Å². The predicted octanol–water partition coefficient (Wildman–Crippen LogP) is -6.13. The quantitative estimate of drug-likeness (QED) is 0.207. The molecule has 0 saturated carbocycles. The molecule has 0 fully saturated rings. The van der Waals surface area contributed by atoms with E-state index in [2.05, 4.69) is 0 Å². The molecule has 0 aliphatic rings. The van der Waals surface area contributed by atoms with Gasteiger partial charge in [-0.2, -0.15) is 0 Å². The zero-order chi connectivity index (χ0) is 24.4. The second-order valence-electron chi connectivity index (χ2n) is 7.06. The molecule has 4 rings (SSSR count). The molecule has 0 saturated heterocycles. The van der Waals surface area contributed by atoms with Gasteiger partial charge in [-0.05, 0) is 24.3 Å². The SMILES string of the molecule is Cl.O=C([O-])c1cc(=O)c2c(OCC(O)COc3cccc4oc(C(=O)[O-])cc(=O)c34)cccc2o1.[Na+].[Na+]. The van der Waals surface area contributed by atoms with Crippen LogP contribution in [0.4, 0.5) is 0 Å². The van der Waals surface area contributed by atoms with Gasteiger partial charge >= 0.3 is 59.1 Å². The molecular weight excluding hydrogens is 534 g/mol. The van der Waals surface area contributed by atoms with E-state index in [1.165, 1.54) is 36.4 Å². The second-order valence-corrected chi connectivity index (χ2v) is 7.06. The molecule has 0 aliphatic carbocycles. The van der Waals surface area contributed by atoms with E-state index in [1.807, 2.05) is 0 Å². The molecule has 2 aromatic heterocycles. The Hall–Kier alpha value is -2.35. The molecule has 14 heteroatoms. The second kappa shape index (κ2) is 14.0. The summed E-state index contributed by atoms with van der Waals surface area (Å²) in [5.41, 5.74) is -1.40. The van der Waals surface area contributed by atoms with Crippen molar-refractivity contribution < 1.29 is 102 Å². The number of aromatic carboxylic acids is 2. The van der Waals surface area contributed by atoms with Gasteiger partial charge < -0.3 is 43.2 Å². The number of benzene rings is 2. The summed E-state index contributed by atoms with van der Waals surface area (Å²) in [6.45, 7) is -0.649. The van der Waals surface area contributed by atoms with E-state index in [9.17, 15) is 34.5 Å². The molecule has 2 heterocycles. The predicted molar refractivity (Wildman–Crippen MR) is 118 cm³/mol. The zero-order valence-electron chi connectivity index (χ0n) is 19.5. The average Bonchev–Trinajstić information content (AvgIpc) is 2.80. The summed E-state index contributed by atoms with van der Waals surface area (Å²) >= 11 is 0. The number of aliphatic hydroxyl groups is 1. The Morgan fingerprint density at radius 2 is 1.16 bits per heavy atom. The van der Waals surface area contributed by atoms with Crippen molar-refractivity contribution in [3.05, 3.63) is 80.5 Å². The first-order valence-electron chi connectivity index (χ1n) is 9.74. The summed E-state index contributed by atoms with van der Waals surface area (Å²) in [6, 6.07) is 10.1. The monoisotopic (exact) mass is 548 g/mol. The van der Waals surface area contributed by atoms with Crippen LogP contribution < -0.4 is 89.7 Å². The number of carbonyl (C=O) groups is 2. The number of hydrogen-bond donors (Lipinski definition) is 1. The van der Waals surface area contributed by atoms with E-state index < -0.39 is 40.4 Å². The Labute approximate surface area is 258 Å².